The number of allylic oxidation sites excluding steroid dienone is 6. The first kappa shape index (κ1) is 27.7. The minimum atomic E-state index is -0.369. The van der Waals surface area contributed by atoms with Gasteiger partial charge in [0.15, 0.2) is 0 Å². The van der Waals surface area contributed by atoms with Crippen LogP contribution in [0.2, 0.25) is 0 Å². The van der Waals surface area contributed by atoms with E-state index in [9.17, 15) is 0 Å². The lowest BCUT2D eigenvalue weighted by Gasteiger charge is -2.42. The summed E-state index contributed by atoms with van der Waals surface area (Å²) in [5, 5.41) is 0. The lowest BCUT2D eigenvalue weighted by molar-refractivity contribution is 0.632. The molecule has 0 saturated carbocycles. The Bertz CT molecular complexity index is 2030. The van der Waals surface area contributed by atoms with Gasteiger partial charge < -0.3 is 4.90 Å². The van der Waals surface area contributed by atoms with Gasteiger partial charge in [-0.25, -0.2) is 0 Å². The van der Waals surface area contributed by atoms with Crippen LogP contribution >= 0.6 is 0 Å². The van der Waals surface area contributed by atoms with Crippen molar-refractivity contribution in [3.8, 4) is 11.1 Å². The van der Waals surface area contributed by atoms with Gasteiger partial charge >= 0.3 is 0 Å². The highest BCUT2D eigenvalue weighted by atomic mass is 15.2. The van der Waals surface area contributed by atoms with Gasteiger partial charge in [-0.1, -0.05) is 143 Å². The summed E-state index contributed by atoms with van der Waals surface area (Å²) < 4.78 is 0. The van der Waals surface area contributed by atoms with Crippen molar-refractivity contribution in [3.05, 3.63) is 179 Å². The Kier molecular flexibility index (Phi) is 6.19. The van der Waals surface area contributed by atoms with Gasteiger partial charge in [-0.2, -0.15) is 0 Å². The third-order valence-corrected chi connectivity index (χ3v) is 10.4. The lowest BCUT2D eigenvalue weighted by atomic mass is 9.72. The molecule has 1 heterocycles. The predicted molar refractivity (Wildman–Crippen MR) is 191 cm³/mol. The van der Waals surface area contributed by atoms with Crippen LogP contribution in [0.1, 0.15) is 79.5 Å². The quantitative estimate of drug-likeness (QED) is 0.191. The average Bonchev–Trinajstić information content (AvgIpc) is 3.53. The number of nitrogens with zero attached hydrogens (tertiary/aromatic N) is 1. The molecule has 1 atom stereocenters. The van der Waals surface area contributed by atoms with Crippen molar-refractivity contribution >= 4 is 22.6 Å². The zero-order valence-corrected chi connectivity index (χ0v) is 26.8. The van der Waals surface area contributed by atoms with E-state index in [2.05, 4.69) is 179 Å². The zero-order chi connectivity index (χ0) is 30.9. The molecule has 0 bridgehead atoms. The monoisotopic (exact) mass is 581 g/mol. The highest BCUT2D eigenvalue weighted by molar-refractivity contribution is 5.96. The molecule has 0 saturated heterocycles. The van der Waals surface area contributed by atoms with Crippen molar-refractivity contribution in [2.75, 3.05) is 4.90 Å². The molecule has 0 N–H and O–H groups in total. The molecule has 1 heteroatoms. The molecule has 1 spiro atoms. The highest BCUT2D eigenvalue weighted by Gasteiger charge is 2.48. The highest BCUT2D eigenvalue weighted by Crippen LogP contribution is 2.60. The smallest absolute Gasteiger partial charge is 0.0659 e. The Morgan fingerprint density at radius 2 is 1.20 bits per heavy atom. The summed E-state index contributed by atoms with van der Waals surface area (Å²) in [6.45, 7) is 11.4. The first-order chi connectivity index (χ1) is 21.9. The summed E-state index contributed by atoms with van der Waals surface area (Å²) in [6, 6.07) is 41.3. The van der Waals surface area contributed by atoms with E-state index in [0.29, 0.717) is 5.92 Å². The van der Waals surface area contributed by atoms with Crippen molar-refractivity contribution in [2.45, 2.75) is 51.4 Å². The molecule has 0 aromatic heterocycles. The molecule has 8 rings (SSSR count). The van der Waals surface area contributed by atoms with Crippen molar-refractivity contribution in [1.82, 2.24) is 0 Å². The number of hydrogen-bond donors (Lipinski definition) is 0. The van der Waals surface area contributed by atoms with E-state index in [-0.39, 0.29) is 10.8 Å². The Balaban J connectivity index is 1.42. The van der Waals surface area contributed by atoms with Crippen LogP contribution in [0.15, 0.2) is 140 Å². The van der Waals surface area contributed by atoms with Crippen molar-refractivity contribution in [1.29, 1.82) is 0 Å². The van der Waals surface area contributed by atoms with E-state index in [1.807, 2.05) is 0 Å². The standard InChI is InChI=1S/C44H39N/c1-6-7-8-15-31-28-44(36-17-10-9-16-33(31)36)39-26-30(29(2)3)22-24-34(39)35-25-23-32(27-40(35)44)45-41-20-13-11-18-37(41)43(4,5)38-19-12-14-21-42(38)45/h6-29H,1-5H3/b7-6-,15-8-. The van der Waals surface area contributed by atoms with Gasteiger partial charge in [-0.15, -0.1) is 0 Å². The Labute approximate surface area is 267 Å². The number of benzene rings is 5. The van der Waals surface area contributed by atoms with Crippen LogP contribution in [0.5, 0.6) is 0 Å². The van der Waals surface area contributed by atoms with Crippen LogP contribution in [0.3, 0.4) is 0 Å². The van der Waals surface area contributed by atoms with Crippen LogP contribution in [0.4, 0.5) is 17.1 Å². The predicted octanol–water partition coefficient (Wildman–Crippen LogP) is 11.8. The second-order valence-electron chi connectivity index (χ2n) is 13.5. The molecule has 3 aliphatic rings. The fraction of sp³-hybridized carbons (Fsp3) is 0.182. The molecule has 5 aromatic rings. The summed E-state index contributed by atoms with van der Waals surface area (Å²) in [6.07, 6.45) is 11.2. The molecule has 0 fully saturated rings. The van der Waals surface area contributed by atoms with E-state index < -0.39 is 0 Å². The fourth-order valence-corrected chi connectivity index (χ4v) is 8.13. The van der Waals surface area contributed by atoms with Crippen molar-refractivity contribution < 1.29 is 0 Å². The van der Waals surface area contributed by atoms with E-state index >= 15 is 0 Å². The second kappa shape index (κ2) is 10.1. The van der Waals surface area contributed by atoms with Gasteiger partial charge in [0, 0.05) is 11.1 Å². The number of fused-ring (bicyclic) bond motifs is 9. The summed E-state index contributed by atoms with van der Waals surface area (Å²) in [5.41, 5.74) is 16.7. The largest absolute Gasteiger partial charge is 0.310 e. The topological polar surface area (TPSA) is 3.24 Å². The van der Waals surface area contributed by atoms with Crippen LogP contribution < -0.4 is 4.90 Å². The second-order valence-corrected chi connectivity index (χ2v) is 13.5. The first-order valence-corrected chi connectivity index (χ1v) is 16.3. The van der Waals surface area contributed by atoms with E-state index in [1.54, 1.807) is 0 Å². The number of hydrogen-bond acceptors (Lipinski definition) is 1. The minimum absolute atomic E-state index is 0.0909. The molecule has 220 valence electrons. The van der Waals surface area contributed by atoms with Gasteiger partial charge in [-0.3, -0.25) is 0 Å². The van der Waals surface area contributed by atoms with Crippen LogP contribution in [-0.4, -0.2) is 0 Å². The van der Waals surface area contributed by atoms with Gasteiger partial charge in [0.2, 0.25) is 0 Å². The zero-order valence-electron chi connectivity index (χ0n) is 26.8. The maximum Gasteiger partial charge on any atom is 0.0659 e. The third kappa shape index (κ3) is 3.86. The Hall–Kier alpha value is -4.88. The van der Waals surface area contributed by atoms with Gasteiger partial charge in [-0.05, 0) is 92.8 Å². The molecule has 0 radical (unpaired) electrons. The summed E-state index contributed by atoms with van der Waals surface area (Å²) in [4.78, 5) is 2.49. The molecular weight excluding hydrogens is 542 g/mol. The molecule has 1 unspecified atom stereocenters. The van der Waals surface area contributed by atoms with E-state index in [0.717, 1.165) is 0 Å². The average molecular weight is 582 g/mol. The summed E-state index contributed by atoms with van der Waals surface area (Å²) in [7, 11) is 0. The van der Waals surface area contributed by atoms with E-state index in [4.69, 9.17) is 0 Å². The van der Waals surface area contributed by atoms with Gasteiger partial charge in [0.05, 0.1) is 16.8 Å². The molecule has 45 heavy (non-hydrogen) atoms. The maximum atomic E-state index is 2.54. The van der Waals surface area contributed by atoms with Crippen molar-refractivity contribution in [3.63, 3.8) is 0 Å². The van der Waals surface area contributed by atoms with Crippen LogP contribution in [-0.2, 0) is 10.8 Å². The summed E-state index contributed by atoms with van der Waals surface area (Å²) >= 11 is 0. The molecule has 5 aromatic carbocycles. The molecule has 0 amide bonds. The minimum Gasteiger partial charge on any atom is -0.310 e. The first-order valence-electron chi connectivity index (χ1n) is 16.3. The molecule has 1 nitrogen and oxygen atoms in total. The maximum absolute atomic E-state index is 2.54. The number of anilines is 3. The normalized spacial score (nSPS) is 18.7. The molecule has 1 aliphatic heterocycles. The molecular formula is C44H39N. The lowest BCUT2D eigenvalue weighted by Crippen LogP contribution is -2.30. The van der Waals surface area contributed by atoms with E-state index in [1.165, 1.54) is 72.7 Å². The van der Waals surface area contributed by atoms with Gasteiger partial charge in [0.1, 0.15) is 0 Å². The number of para-hydroxylation sites is 2. The van der Waals surface area contributed by atoms with Crippen molar-refractivity contribution in [2.24, 2.45) is 0 Å². The number of rotatable bonds is 4. The Morgan fingerprint density at radius 1 is 0.600 bits per heavy atom. The summed E-state index contributed by atoms with van der Waals surface area (Å²) in [5.74, 6) is 0.450. The fourth-order valence-electron chi connectivity index (χ4n) is 8.13. The Morgan fingerprint density at radius 3 is 1.87 bits per heavy atom. The van der Waals surface area contributed by atoms with Gasteiger partial charge in [0.25, 0.3) is 0 Å². The van der Waals surface area contributed by atoms with Crippen LogP contribution in [0.25, 0.3) is 16.7 Å². The molecule has 2 aliphatic carbocycles. The third-order valence-electron chi connectivity index (χ3n) is 10.4. The van der Waals surface area contributed by atoms with Crippen LogP contribution in [0, 0.1) is 0 Å². The SMILES string of the molecule is C/C=C\C=C/C1=CC2(c3ccccc31)c1cc(C(C)C)ccc1-c1ccc(N3c4ccccc4C(C)(C)c4ccccc43)cc12.